The summed E-state index contributed by atoms with van der Waals surface area (Å²) < 4.78 is 4.71. The molecule has 2 atom stereocenters. The number of carbonyl (C=O) groups excluding carboxylic acids is 2. The van der Waals surface area contributed by atoms with Crippen molar-refractivity contribution in [3.8, 4) is 6.07 Å². The number of esters is 1. The number of nitrogens with zero attached hydrogens (tertiary/aromatic N) is 1. The molecule has 0 N–H and O–H groups in total. The molecule has 0 aliphatic rings. The summed E-state index contributed by atoms with van der Waals surface area (Å²) in [6, 6.07) is 14.7. The molecule has 4 nitrogen and oxygen atoms in total. The number of hydrogen-bond donors (Lipinski definition) is 0. The zero-order valence-electron chi connectivity index (χ0n) is 12.1. The number of ether oxygens (including phenoxy) is 1. The van der Waals surface area contributed by atoms with Gasteiger partial charge in [0.1, 0.15) is 0 Å². The number of carbonyl (C=O) groups is 2. The largest absolute Gasteiger partial charge is 0.468 e. The molecule has 112 valence electrons. The molecule has 2 unspecified atom stereocenters. The molecule has 1 heterocycles. The summed E-state index contributed by atoms with van der Waals surface area (Å²) >= 11 is 1.35. The van der Waals surface area contributed by atoms with Crippen molar-refractivity contribution < 1.29 is 14.3 Å². The van der Waals surface area contributed by atoms with Crippen LogP contribution in [0, 0.1) is 17.2 Å². The van der Waals surface area contributed by atoms with Crippen molar-refractivity contribution in [1.82, 2.24) is 0 Å². The van der Waals surface area contributed by atoms with Crippen LogP contribution in [-0.4, -0.2) is 18.9 Å². The maximum atomic E-state index is 12.4. The van der Waals surface area contributed by atoms with E-state index in [9.17, 15) is 14.9 Å². The average molecular weight is 313 g/mol. The van der Waals surface area contributed by atoms with Gasteiger partial charge in [-0.3, -0.25) is 9.59 Å². The highest BCUT2D eigenvalue weighted by atomic mass is 32.1. The van der Waals surface area contributed by atoms with Crippen LogP contribution in [0.25, 0.3) is 0 Å². The summed E-state index contributed by atoms with van der Waals surface area (Å²) in [7, 11) is 1.25. The third-order valence-corrected chi connectivity index (χ3v) is 4.34. The van der Waals surface area contributed by atoms with Crippen LogP contribution in [0.1, 0.15) is 27.6 Å². The van der Waals surface area contributed by atoms with Crippen molar-refractivity contribution in [2.75, 3.05) is 7.11 Å². The van der Waals surface area contributed by atoms with Gasteiger partial charge in [0.25, 0.3) is 0 Å². The van der Waals surface area contributed by atoms with Gasteiger partial charge in [-0.1, -0.05) is 36.4 Å². The van der Waals surface area contributed by atoms with Gasteiger partial charge < -0.3 is 4.74 Å². The molecule has 0 aliphatic heterocycles. The first-order valence-electron chi connectivity index (χ1n) is 6.76. The molecule has 0 amide bonds. The van der Waals surface area contributed by atoms with E-state index >= 15 is 0 Å². The van der Waals surface area contributed by atoms with Gasteiger partial charge in [-0.2, -0.15) is 5.26 Å². The molecule has 2 rings (SSSR count). The number of nitriles is 1. The Morgan fingerprint density at radius 2 is 1.95 bits per heavy atom. The van der Waals surface area contributed by atoms with Crippen LogP contribution in [0.4, 0.5) is 0 Å². The van der Waals surface area contributed by atoms with Gasteiger partial charge >= 0.3 is 5.97 Å². The monoisotopic (exact) mass is 313 g/mol. The minimum atomic E-state index is -1.00. The summed E-state index contributed by atoms with van der Waals surface area (Å²) in [5, 5.41) is 11.2. The number of methoxy groups -OCH3 is 1. The fraction of sp³-hybridized carbons (Fsp3) is 0.235. The minimum absolute atomic E-state index is 0.0759. The molecule has 22 heavy (non-hydrogen) atoms. The van der Waals surface area contributed by atoms with E-state index in [-0.39, 0.29) is 12.2 Å². The van der Waals surface area contributed by atoms with Crippen molar-refractivity contribution in [2.45, 2.75) is 12.3 Å². The van der Waals surface area contributed by atoms with Gasteiger partial charge in [-0.05, 0) is 17.0 Å². The molecule has 2 aromatic rings. The zero-order valence-corrected chi connectivity index (χ0v) is 12.9. The SMILES string of the molecule is COC(=O)C(C#N)C(CC(=O)c1cccs1)c1ccccc1. The Bertz CT molecular complexity index is 674. The minimum Gasteiger partial charge on any atom is -0.468 e. The highest BCUT2D eigenvalue weighted by Crippen LogP contribution is 2.31. The average Bonchev–Trinajstić information content (AvgIpc) is 3.09. The number of Topliss-reactive ketones (excluding diaryl/α,β-unsaturated/α-hetero) is 1. The van der Waals surface area contributed by atoms with E-state index in [2.05, 4.69) is 0 Å². The smallest absolute Gasteiger partial charge is 0.323 e. The number of benzene rings is 1. The van der Waals surface area contributed by atoms with E-state index in [0.717, 1.165) is 5.56 Å². The highest BCUT2D eigenvalue weighted by Gasteiger charge is 2.32. The molecule has 5 heteroatoms. The quantitative estimate of drug-likeness (QED) is 0.605. The van der Waals surface area contributed by atoms with Crippen molar-refractivity contribution in [3.63, 3.8) is 0 Å². The molecule has 0 radical (unpaired) electrons. The van der Waals surface area contributed by atoms with E-state index in [0.29, 0.717) is 4.88 Å². The van der Waals surface area contributed by atoms with Crippen LogP contribution in [-0.2, 0) is 9.53 Å². The standard InChI is InChI=1S/C17H15NO3S/c1-21-17(20)14(11-18)13(12-6-3-2-4-7-12)10-15(19)16-8-5-9-22-16/h2-9,13-14H,10H2,1H3. The molecule has 1 aromatic heterocycles. The first-order valence-corrected chi connectivity index (χ1v) is 7.64. The lowest BCUT2D eigenvalue weighted by molar-refractivity contribution is -0.144. The Hall–Kier alpha value is -2.45. The molecule has 0 fully saturated rings. The van der Waals surface area contributed by atoms with Crippen molar-refractivity contribution in [1.29, 1.82) is 5.26 Å². The lowest BCUT2D eigenvalue weighted by atomic mass is 9.83. The fourth-order valence-corrected chi connectivity index (χ4v) is 2.98. The van der Waals surface area contributed by atoms with Crippen molar-refractivity contribution in [2.24, 2.45) is 5.92 Å². The van der Waals surface area contributed by atoms with Gasteiger partial charge in [0.05, 0.1) is 18.1 Å². The Labute approximate surface area is 133 Å². The van der Waals surface area contributed by atoms with Crippen molar-refractivity contribution in [3.05, 3.63) is 58.3 Å². The Kier molecular flexibility index (Phi) is 5.45. The van der Waals surface area contributed by atoms with E-state index in [1.807, 2.05) is 41.8 Å². The fourth-order valence-electron chi connectivity index (χ4n) is 2.30. The predicted octanol–water partition coefficient (Wildman–Crippen LogP) is 3.42. The third kappa shape index (κ3) is 3.60. The summed E-state index contributed by atoms with van der Waals surface area (Å²) in [6.07, 6.45) is 0.0951. The maximum Gasteiger partial charge on any atom is 0.323 e. The third-order valence-electron chi connectivity index (χ3n) is 3.43. The summed E-state index contributed by atoms with van der Waals surface area (Å²) in [4.78, 5) is 24.9. The Morgan fingerprint density at radius 1 is 1.23 bits per heavy atom. The van der Waals surface area contributed by atoms with Crippen molar-refractivity contribution >= 4 is 23.1 Å². The molecular formula is C17H15NO3S. The van der Waals surface area contributed by atoms with Gasteiger partial charge in [0.15, 0.2) is 11.7 Å². The van der Waals surface area contributed by atoms with E-state index in [1.165, 1.54) is 18.4 Å². The molecule has 0 saturated heterocycles. The lowest BCUT2D eigenvalue weighted by Crippen LogP contribution is -2.24. The highest BCUT2D eigenvalue weighted by molar-refractivity contribution is 7.12. The van der Waals surface area contributed by atoms with E-state index in [4.69, 9.17) is 4.74 Å². The van der Waals surface area contributed by atoms with Crippen LogP contribution in [0.15, 0.2) is 47.8 Å². The number of rotatable bonds is 6. The van der Waals surface area contributed by atoms with E-state index in [1.54, 1.807) is 12.1 Å². The second-order valence-electron chi connectivity index (χ2n) is 4.75. The summed E-state index contributed by atoms with van der Waals surface area (Å²) in [5.41, 5.74) is 0.782. The van der Waals surface area contributed by atoms with E-state index < -0.39 is 17.8 Å². The van der Waals surface area contributed by atoms with Crippen LogP contribution in [0.2, 0.25) is 0 Å². The topological polar surface area (TPSA) is 67.2 Å². The van der Waals surface area contributed by atoms with Crippen LogP contribution >= 0.6 is 11.3 Å². The molecular weight excluding hydrogens is 298 g/mol. The predicted molar refractivity (Wildman–Crippen MR) is 83.6 cm³/mol. The second kappa shape index (κ2) is 7.53. The first kappa shape index (κ1) is 15.9. The summed E-state index contributed by atoms with van der Waals surface area (Å²) in [5.74, 6) is -2.21. The van der Waals surface area contributed by atoms with Gasteiger partial charge in [0.2, 0.25) is 0 Å². The van der Waals surface area contributed by atoms with Gasteiger partial charge in [-0.15, -0.1) is 11.3 Å². The number of hydrogen-bond acceptors (Lipinski definition) is 5. The van der Waals surface area contributed by atoms with Crippen LogP contribution in [0.3, 0.4) is 0 Å². The van der Waals surface area contributed by atoms with Gasteiger partial charge in [0, 0.05) is 12.3 Å². The lowest BCUT2D eigenvalue weighted by Gasteiger charge is -2.20. The van der Waals surface area contributed by atoms with Crippen LogP contribution < -0.4 is 0 Å². The van der Waals surface area contributed by atoms with Gasteiger partial charge in [-0.25, -0.2) is 0 Å². The molecule has 1 aromatic carbocycles. The maximum absolute atomic E-state index is 12.4. The summed E-state index contributed by atoms with van der Waals surface area (Å²) in [6.45, 7) is 0. The second-order valence-corrected chi connectivity index (χ2v) is 5.70. The molecule has 0 saturated carbocycles. The normalized spacial score (nSPS) is 12.9. The first-order chi connectivity index (χ1) is 10.7. The number of ketones is 1. The zero-order chi connectivity index (χ0) is 15.9. The molecule has 0 spiro atoms. The van der Waals surface area contributed by atoms with Crippen LogP contribution in [0.5, 0.6) is 0 Å². The molecule has 0 aliphatic carbocycles. The molecule has 0 bridgehead atoms. The number of thiophene rings is 1. The Balaban J connectivity index is 2.32. The Morgan fingerprint density at radius 3 is 2.50 bits per heavy atom.